The molecule has 0 aliphatic carbocycles. The molecule has 1 amide bonds. The van der Waals surface area contributed by atoms with Gasteiger partial charge in [0.25, 0.3) is 15.9 Å². The average molecular weight is 480 g/mol. The van der Waals surface area contributed by atoms with Crippen LogP contribution < -0.4 is 19.5 Å². The Labute approximate surface area is 188 Å². The minimum atomic E-state index is -4.62. The van der Waals surface area contributed by atoms with Gasteiger partial charge in [0.1, 0.15) is 11.5 Å². The molecule has 0 spiro atoms. The lowest BCUT2D eigenvalue weighted by Gasteiger charge is -2.13. The Kier molecular flexibility index (Phi) is 6.82. The number of hydrogen-bond acceptors (Lipinski definition) is 5. The number of carbonyl (C=O) groups excluding carboxylic acids is 1. The molecule has 33 heavy (non-hydrogen) atoms. The summed E-state index contributed by atoms with van der Waals surface area (Å²) in [5.74, 6) is 0.175. The lowest BCUT2D eigenvalue weighted by atomic mass is 10.1. The number of hydrogen-bond donors (Lipinski definition) is 2. The first-order chi connectivity index (χ1) is 15.5. The van der Waals surface area contributed by atoms with Crippen LogP contribution in [-0.4, -0.2) is 28.5 Å². The third-order valence-corrected chi connectivity index (χ3v) is 5.88. The predicted molar refractivity (Wildman–Crippen MR) is 116 cm³/mol. The highest BCUT2D eigenvalue weighted by Crippen LogP contribution is 2.31. The number of nitrogens with one attached hydrogen (secondary N) is 2. The Morgan fingerprint density at radius 2 is 1.58 bits per heavy atom. The molecular weight excluding hydrogens is 461 g/mol. The number of carbonyl (C=O) groups is 1. The highest BCUT2D eigenvalue weighted by molar-refractivity contribution is 7.92. The number of methoxy groups -OCH3 is 2. The van der Waals surface area contributed by atoms with Crippen molar-refractivity contribution < 1.29 is 35.9 Å². The van der Waals surface area contributed by atoms with Gasteiger partial charge in [-0.05, 0) is 48.5 Å². The minimum absolute atomic E-state index is 0.157. The van der Waals surface area contributed by atoms with Crippen molar-refractivity contribution in [3.8, 4) is 11.5 Å². The monoisotopic (exact) mass is 480 g/mol. The van der Waals surface area contributed by atoms with Crippen molar-refractivity contribution >= 4 is 27.3 Å². The molecular formula is C22H19F3N2O5S. The fourth-order valence-electron chi connectivity index (χ4n) is 2.90. The van der Waals surface area contributed by atoms with Crippen LogP contribution in [0.1, 0.15) is 15.9 Å². The topological polar surface area (TPSA) is 93.7 Å². The van der Waals surface area contributed by atoms with E-state index >= 15 is 0 Å². The number of alkyl halides is 3. The van der Waals surface area contributed by atoms with Crippen LogP contribution >= 0.6 is 0 Å². The van der Waals surface area contributed by atoms with Gasteiger partial charge >= 0.3 is 6.18 Å². The van der Waals surface area contributed by atoms with Crippen LogP contribution in [0.25, 0.3) is 0 Å². The summed E-state index contributed by atoms with van der Waals surface area (Å²) in [7, 11) is -1.38. The maximum atomic E-state index is 12.9. The molecule has 0 unspecified atom stereocenters. The number of anilines is 2. The zero-order chi connectivity index (χ0) is 24.2. The number of sulfonamides is 1. The molecule has 3 rings (SSSR count). The Morgan fingerprint density at radius 3 is 2.24 bits per heavy atom. The van der Waals surface area contributed by atoms with E-state index in [9.17, 15) is 26.4 Å². The molecule has 174 valence electrons. The van der Waals surface area contributed by atoms with E-state index in [0.717, 1.165) is 12.1 Å². The number of benzene rings is 3. The number of rotatable bonds is 7. The first kappa shape index (κ1) is 23.9. The molecule has 0 aliphatic heterocycles. The smallest absolute Gasteiger partial charge is 0.416 e. The summed E-state index contributed by atoms with van der Waals surface area (Å²) >= 11 is 0. The lowest BCUT2D eigenvalue weighted by Crippen LogP contribution is -2.16. The van der Waals surface area contributed by atoms with Crippen LogP contribution in [0.4, 0.5) is 24.5 Å². The fourth-order valence-corrected chi connectivity index (χ4v) is 3.99. The summed E-state index contributed by atoms with van der Waals surface area (Å²) in [5, 5.41) is 2.58. The van der Waals surface area contributed by atoms with E-state index in [1.165, 1.54) is 56.7 Å². The van der Waals surface area contributed by atoms with E-state index in [1.807, 2.05) is 0 Å². The normalized spacial score (nSPS) is 11.5. The lowest BCUT2D eigenvalue weighted by molar-refractivity contribution is -0.137. The summed E-state index contributed by atoms with van der Waals surface area (Å²) < 4.78 is 76.5. The van der Waals surface area contributed by atoms with E-state index in [2.05, 4.69) is 10.0 Å². The van der Waals surface area contributed by atoms with Gasteiger partial charge in [0.05, 0.1) is 30.2 Å². The van der Waals surface area contributed by atoms with Gasteiger partial charge in [0, 0.05) is 17.4 Å². The minimum Gasteiger partial charge on any atom is -0.497 e. The van der Waals surface area contributed by atoms with E-state index < -0.39 is 27.7 Å². The summed E-state index contributed by atoms with van der Waals surface area (Å²) in [5.41, 5.74) is -0.891. The zero-order valence-corrected chi connectivity index (χ0v) is 18.3. The molecule has 0 saturated carbocycles. The molecule has 0 fully saturated rings. The van der Waals surface area contributed by atoms with Gasteiger partial charge in [-0.1, -0.05) is 12.1 Å². The van der Waals surface area contributed by atoms with Crippen LogP contribution in [-0.2, 0) is 16.2 Å². The fraction of sp³-hybridized carbons (Fsp3) is 0.136. The van der Waals surface area contributed by atoms with Crippen LogP contribution in [0.15, 0.2) is 71.6 Å². The van der Waals surface area contributed by atoms with Gasteiger partial charge in [-0.2, -0.15) is 13.2 Å². The van der Waals surface area contributed by atoms with Crippen LogP contribution in [0.5, 0.6) is 11.5 Å². The Hall–Kier alpha value is -3.73. The highest BCUT2D eigenvalue weighted by Gasteiger charge is 2.30. The molecule has 11 heteroatoms. The van der Waals surface area contributed by atoms with Crippen molar-refractivity contribution in [2.45, 2.75) is 11.1 Å². The molecule has 3 aromatic carbocycles. The quantitative estimate of drug-likeness (QED) is 0.508. The second-order valence-corrected chi connectivity index (χ2v) is 8.41. The molecule has 3 aromatic rings. The van der Waals surface area contributed by atoms with Gasteiger partial charge in [-0.3, -0.25) is 9.52 Å². The molecule has 0 aliphatic rings. The second kappa shape index (κ2) is 9.41. The van der Waals surface area contributed by atoms with Crippen molar-refractivity contribution in [3.63, 3.8) is 0 Å². The van der Waals surface area contributed by atoms with Crippen molar-refractivity contribution in [1.82, 2.24) is 0 Å². The van der Waals surface area contributed by atoms with E-state index in [-0.39, 0.29) is 27.6 Å². The SMILES string of the molecule is COc1ccc(C(=O)Nc2cccc(S(=O)(=O)Nc3cccc(C(F)(F)F)c3)c2)c(OC)c1. The Balaban J connectivity index is 1.83. The van der Waals surface area contributed by atoms with Crippen LogP contribution in [0.3, 0.4) is 0 Å². The average Bonchev–Trinajstić information content (AvgIpc) is 2.78. The Morgan fingerprint density at radius 1 is 0.879 bits per heavy atom. The van der Waals surface area contributed by atoms with E-state index in [4.69, 9.17) is 9.47 Å². The molecule has 0 aromatic heterocycles. The third-order valence-electron chi connectivity index (χ3n) is 4.50. The maximum Gasteiger partial charge on any atom is 0.416 e. The summed E-state index contributed by atoms with van der Waals surface area (Å²) in [6.45, 7) is 0. The molecule has 0 radical (unpaired) electrons. The van der Waals surface area contributed by atoms with Gasteiger partial charge in [-0.15, -0.1) is 0 Å². The molecule has 0 saturated heterocycles. The van der Waals surface area contributed by atoms with Gasteiger partial charge < -0.3 is 14.8 Å². The van der Waals surface area contributed by atoms with Crippen molar-refractivity contribution in [1.29, 1.82) is 0 Å². The zero-order valence-electron chi connectivity index (χ0n) is 17.4. The summed E-state index contributed by atoms with van der Waals surface area (Å²) in [6, 6.07) is 13.7. The van der Waals surface area contributed by atoms with Gasteiger partial charge in [0.2, 0.25) is 0 Å². The standard InChI is InChI=1S/C22H19F3N2O5S/c1-31-17-9-10-19(20(13-17)32-2)21(28)26-15-6-4-8-18(12-15)33(29,30)27-16-7-3-5-14(11-16)22(23,24)25/h3-13,27H,1-2H3,(H,26,28). The van der Waals surface area contributed by atoms with Crippen molar-refractivity contribution in [2.75, 3.05) is 24.3 Å². The highest BCUT2D eigenvalue weighted by atomic mass is 32.2. The Bertz CT molecular complexity index is 1280. The molecule has 0 bridgehead atoms. The first-order valence-corrected chi connectivity index (χ1v) is 10.9. The number of amides is 1. The first-order valence-electron chi connectivity index (χ1n) is 9.37. The predicted octanol–water partition coefficient (Wildman–Crippen LogP) is 4.78. The van der Waals surface area contributed by atoms with Crippen molar-refractivity contribution in [3.05, 3.63) is 77.9 Å². The maximum absolute atomic E-state index is 12.9. The number of halogens is 3. The molecule has 0 heterocycles. The van der Waals surface area contributed by atoms with Crippen LogP contribution in [0, 0.1) is 0 Å². The van der Waals surface area contributed by atoms with Crippen molar-refractivity contribution in [2.24, 2.45) is 0 Å². The largest absolute Gasteiger partial charge is 0.497 e. The summed E-state index contributed by atoms with van der Waals surface area (Å²) in [6.07, 6.45) is -4.62. The second-order valence-electron chi connectivity index (χ2n) is 6.73. The van der Waals surface area contributed by atoms with Gasteiger partial charge in [0.15, 0.2) is 0 Å². The third kappa shape index (κ3) is 5.75. The van der Waals surface area contributed by atoms with E-state index in [1.54, 1.807) is 6.07 Å². The summed E-state index contributed by atoms with van der Waals surface area (Å²) in [4.78, 5) is 12.4. The molecule has 7 nitrogen and oxygen atoms in total. The van der Waals surface area contributed by atoms with E-state index in [0.29, 0.717) is 11.8 Å². The molecule has 2 N–H and O–H groups in total. The van der Waals surface area contributed by atoms with Crippen LogP contribution in [0.2, 0.25) is 0 Å². The molecule has 0 atom stereocenters. The van der Waals surface area contributed by atoms with Gasteiger partial charge in [-0.25, -0.2) is 8.42 Å². The number of ether oxygens (including phenoxy) is 2.